The Morgan fingerprint density at radius 1 is 1.11 bits per heavy atom. The number of halogens is 2. The maximum atomic E-state index is 11.2. The number of benzene rings is 1. The second-order valence-electron chi connectivity index (χ2n) is 3.80. The zero-order valence-electron chi connectivity index (χ0n) is 9.74. The molecule has 0 spiro atoms. The van der Waals surface area contributed by atoms with Gasteiger partial charge in [-0.25, -0.2) is 0 Å². The van der Waals surface area contributed by atoms with Crippen LogP contribution in [-0.4, -0.2) is 15.9 Å². The Hall–Kier alpha value is -1.91. The Bertz CT molecular complexity index is 746. The maximum Gasteiger partial charge on any atom is 0.248 e. The van der Waals surface area contributed by atoms with E-state index in [2.05, 4.69) is 9.97 Å². The third-order valence-electron chi connectivity index (χ3n) is 2.72. The van der Waals surface area contributed by atoms with Crippen molar-refractivity contribution in [2.75, 3.05) is 0 Å². The molecule has 0 aliphatic carbocycles. The van der Waals surface area contributed by atoms with Gasteiger partial charge in [0.05, 0.1) is 11.0 Å². The largest absolute Gasteiger partial charge is 0.366 e. The highest BCUT2D eigenvalue weighted by atomic mass is 35.5. The minimum absolute atomic E-state index is 0. The van der Waals surface area contributed by atoms with Crippen LogP contribution in [0.2, 0.25) is 0 Å². The van der Waals surface area contributed by atoms with Crippen LogP contribution in [0.15, 0.2) is 42.7 Å². The van der Waals surface area contributed by atoms with E-state index >= 15 is 0 Å². The van der Waals surface area contributed by atoms with Gasteiger partial charge in [0.2, 0.25) is 5.91 Å². The minimum Gasteiger partial charge on any atom is -0.366 e. The number of primary amides is 1. The monoisotopic (exact) mass is 295 g/mol. The molecule has 2 aromatic heterocycles. The van der Waals surface area contributed by atoms with E-state index in [1.165, 1.54) is 0 Å². The number of nitrogens with zero attached hydrogens (tertiary/aromatic N) is 2. The Kier molecular flexibility index (Phi) is 4.64. The van der Waals surface area contributed by atoms with Crippen molar-refractivity contribution < 1.29 is 4.79 Å². The van der Waals surface area contributed by atoms with Gasteiger partial charge in [0.15, 0.2) is 0 Å². The maximum absolute atomic E-state index is 11.2. The van der Waals surface area contributed by atoms with Gasteiger partial charge < -0.3 is 5.73 Å². The predicted octanol–water partition coefficient (Wildman–Crippen LogP) is 2.73. The second-order valence-corrected chi connectivity index (χ2v) is 3.80. The molecule has 0 bridgehead atoms. The number of rotatable bonds is 1. The van der Waals surface area contributed by atoms with Gasteiger partial charge in [-0.15, -0.1) is 24.8 Å². The summed E-state index contributed by atoms with van der Waals surface area (Å²) in [6, 6.07) is 8.98. The number of amides is 1. The number of carbonyl (C=O) groups is 1. The summed E-state index contributed by atoms with van der Waals surface area (Å²) in [7, 11) is 0. The lowest BCUT2D eigenvalue weighted by molar-refractivity contribution is 0.100. The average molecular weight is 296 g/mol. The van der Waals surface area contributed by atoms with Crippen molar-refractivity contribution in [2.45, 2.75) is 0 Å². The number of pyridine rings is 2. The van der Waals surface area contributed by atoms with E-state index in [4.69, 9.17) is 5.73 Å². The van der Waals surface area contributed by atoms with Gasteiger partial charge >= 0.3 is 0 Å². The molecule has 4 nitrogen and oxygen atoms in total. The zero-order chi connectivity index (χ0) is 11.8. The molecule has 6 heteroatoms. The Morgan fingerprint density at radius 2 is 1.89 bits per heavy atom. The van der Waals surface area contributed by atoms with E-state index in [0.717, 1.165) is 21.8 Å². The molecular weight excluding hydrogens is 285 g/mol. The van der Waals surface area contributed by atoms with E-state index in [-0.39, 0.29) is 24.8 Å². The lowest BCUT2D eigenvalue weighted by Crippen LogP contribution is -2.10. The molecule has 2 heterocycles. The van der Waals surface area contributed by atoms with Crippen LogP contribution in [0.5, 0.6) is 0 Å². The predicted molar refractivity (Wildman–Crippen MR) is 80.1 cm³/mol. The van der Waals surface area contributed by atoms with Crippen LogP contribution in [0.1, 0.15) is 10.4 Å². The number of hydrogen-bond donors (Lipinski definition) is 1. The van der Waals surface area contributed by atoms with E-state index < -0.39 is 5.91 Å². The molecule has 0 atom stereocenters. The second kappa shape index (κ2) is 5.82. The minimum atomic E-state index is -0.445. The van der Waals surface area contributed by atoms with Crippen LogP contribution >= 0.6 is 24.8 Å². The van der Waals surface area contributed by atoms with E-state index in [9.17, 15) is 4.79 Å². The molecule has 0 aliphatic heterocycles. The number of hydrogen-bond acceptors (Lipinski definition) is 3. The first kappa shape index (κ1) is 15.1. The first-order valence-electron chi connectivity index (χ1n) is 5.19. The molecule has 0 unspecified atom stereocenters. The normalized spacial score (nSPS) is 9.68. The molecule has 2 N–H and O–H groups in total. The van der Waals surface area contributed by atoms with Crippen LogP contribution in [-0.2, 0) is 0 Å². The number of nitrogens with two attached hydrogens (primary N) is 1. The quantitative estimate of drug-likeness (QED) is 0.702. The SMILES string of the molecule is Cl.Cl.NC(=O)c1ccc2ncc3cccnc3c2c1. The summed E-state index contributed by atoms with van der Waals surface area (Å²) in [5.74, 6) is -0.445. The first-order valence-corrected chi connectivity index (χ1v) is 5.19. The molecule has 1 aromatic carbocycles. The molecule has 1 amide bonds. The van der Waals surface area contributed by atoms with Crippen molar-refractivity contribution in [2.24, 2.45) is 5.73 Å². The third-order valence-corrected chi connectivity index (χ3v) is 2.72. The summed E-state index contributed by atoms with van der Waals surface area (Å²) in [6.07, 6.45) is 3.49. The van der Waals surface area contributed by atoms with Gasteiger partial charge in [0.1, 0.15) is 0 Å². The molecule has 0 fully saturated rings. The van der Waals surface area contributed by atoms with Crippen molar-refractivity contribution >= 4 is 52.5 Å². The lowest BCUT2D eigenvalue weighted by Gasteiger charge is -2.03. The molecule has 0 saturated heterocycles. The standard InChI is InChI=1S/C13H9N3O.2ClH/c14-13(17)8-3-4-11-10(6-8)12-9(7-16-11)2-1-5-15-12;;/h1-7H,(H2,14,17);2*1H. The molecule has 98 valence electrons. The van der Waals surface area contributed by atoms with E-state index in [0.29, 0.717) is 5.56 Å². The van der Waals surface area contributed by atoms with Crippen molar-refractivity contribution in [3.63, 3.8) is 0 Å². The highest BCUT2D eigenvalue weighted by Crippen LogP contribution is 2.22. The first-order chi connectivity index (χ1) is 8.25. The van der Waals surface area contributed by atoms with Crippen molar-refractivity contribution in [3.05, 3.63) is 48.3 Å². The summed E-state index contributed by atoms with van der Waals surface area (Å²) in [5, 5.41) is 1.79. The molecule has 3 aromatic rings. The van der Waals surface area contributed by atoms with Crippen molar-refractivity contribution in [1.82, 2.24) is 9.97 Å². The molecule has 19 heavy (non-hydrogen) atoms. The number of aromatic nitrogens is 2. The van der Waals surface area contributed by atoms with Crippen molar-refractivity contribution in [1.29, 1.82) is 0 Å². The Labute approximate surface area is 121 Å². The van der Waals surface area contributed by atoms with Crippen LogP contribution < -0.4 is 5.73 Å². The molecule has 0 aliphatic rings. The van der Waals surface area contributed by atoms with Gasteiger partial charge in [-0.05, 0) is 30.3 Å². The highest BCUT2D eigenvalue weighted by molar-refractivity contribution is 6.06. The molecule has 0 saturated carbocycles. The highest BCUT2D eigenvalue weighted by Gasteiger charge is 2.06. The molecule has 3 rings (SSSR count). The van der Waals surface area contributed by atoms with Crippen LogP contribution in [0.4, 0.5) is 0 Å². The number of carbonyl (C=O) groups excluding carboxylic acids is 1. The fourth-order valence-electron chi connectivity index (χ4n) is 1.88. The van der Waals surface area contributed by atoms with E-state index in [1.54, 1.807) is 30.6 Å². The summed E-state index contributed by atoms with van der Waals surface area (Å²) in [5.41, 5.74) is 7.38. The fourth-order valence-corrected chi connectivity index (χ4v) is 1.88. The fraction of sp³-hybridized carbons (Fsp3) is 0. The zero-order valence-corrected chi connectivity index (χ0v) is 11.4. The Balaban J connectivity index is 0.000000902. The van der Waals surface area contributed by atoms with Gasteiger partial charge in [0, 0.05) is 28.7 Å². The average Bonchev–Trinajstić information content (AvgIpc) is 2.38. The van der Waals surface area contributed by atoms with Crippen molar-refractivity contribution in [3.8, 4) is 0 Å². The van der Waals surface area contributed by atoms with Gasteiger partial charge in [0.25, 0.3) is 0 Å². The van der Waals surface area contributed by atoms with Crippen LogP contribution in [0, 0.1) is 0 Å². The lowest BCUT2D eigenvalue weighted by atomic mass is 10.1. The van der Waals surface area contributed by atoms with Crippen LogP contribution in [0.3, 0.4) is 0 Å². The summed E-state index contributed by atoms with van der Waals surface area (Å²) in [6.45, 7) is 0. The topological polar surface area (TPSA) is 68.9 Å². The summed E-state index contributed by atoms with van der Waals surface area (Å²) in [4.78, 5) is 19.8. The molecule has 0 radical (unpaired) electrons. The molecular formula is C13H11Cl2N3O. The smallest absolute Gasteiger partial charge is 0.248 e. The number of fused-ring (bicyclic) bond motifs is 3. The summed E-state index contributed by atoms with van der Waals surface area (Å²) >= 11 is 0. The van der Waals surface area contributed by atoms with Gasteiger partial charge in [-0.3, -0.25) is 14.8 Å². The van der Waals surface area contributed by atoms with Crippen LogP contribution in [0.25, 0.3) is 21.8 Å². The van der Waals surface area contributed by atoms with E-state index in [1.807, 2.05) is 12.1 Å². The third kappa shape index (κ3) is 2.59. The Morgan fingerprint density at radius 3 is 2.63 bits per heavy atom. The van der Waals surface area contributed by atoms with Gasteiger partial charge in [-0.1, -0.05) is 0 Å². The van der Waals surface area contributed by atoms with Gasteiger partial charge in [-0.2, -0.15) is 0 Å². The summed E-state index contributed by atoms with van der Waals surface area (Å²) < 4.78 is 0.